The van der Waals surface area contributed by atoms with Crippen LogP contribution >= 0.6 is 22.6 Å². The highest BCUT2D eigenvalue weighted by Crippen LogP contribution is 2.37. The number of aromatic nitrogens is 2. The van der Waals surface area contributed by atoms with Crippen molar-refractivity contribution in [3.05, 3.63) is 22.0 Å². The summed E-state index contributed by atoms with van der Waals surface area (Å²) in [6.07, 6.45) is 3.09. The van der Waals surface area contributed by atoms with Gasteiger partial charge < -0.3 is 4.74 Å². The molecule has 7 heteroatoms. The lowest BCUT2D eigenvalue weighted by molar-refractivity contribution is -0.386. The van der Waals surface area contributed by atoms with E-state index in [0.29, 0.717) is 5.69 Å². The van der Waals surface area contributed by atoms with Crippen molar-refractivity contribution in [3.63, 3.8) is 0 Å². The molecule has 0 aromatic carbocycles. The number of rotatable bonds is 3. The van der Waals surface area contributed by atoms with Gasteiger partial charge in [0.25, 0.3) is 0 Å². The molecule has 88 valence electrons. The monoisotopic (exact) mass is 337 g/mol. The minimum atomic E-state index is -0.400. The van der Waals surface area contributed by atoms with E-state index in [1.54, 1.807) is 11.7 Å². The lowest BCUT2D eigenvalue weighted by atomic mass is 10.1. The van der Waals surface area contributed by atoms with Gasteiger partial charge in [-0.25, -0.2) is 0 Å². The van der Waals surface area contributed by atoms with Crippen LogP contribution in [0, 0.1) is 10.1 Å². The van der Waals surface area contributed by atoms with E-state index in [-0.39, 0.29) is 17.9 Å². The highest BCUT2D eigenvalue weighted by atomic mass is 127. The molecule has 1 aromatic rings. The van der Waals surface area contributed by atoms with Crippen molar-refractivity contribution in [1.82, 2.24) is 9.78 Å². The van der Waals surface area contributed by atoms with Crippen LogP contribution in [0.4, 0.5) is 5.69 Å². The van der Waals surface area contributed by atoms with Gasteiger partial charge in [-0.1, -0.05) is 22.6 Å². The van der Waals surface area contributed by atoms with E-state index in [0.717, 1.165) is 17.3 Å². The summed E-state index contributed by atoms with van der Waals surface area (Å²) in [5.41, 5.74) is 0.638. The fourth-order valence-electron chi connectivity index (χ4n) is 1.97. The van der Waals surface area contributed by atoms with E-state index in [2.05, 4.69) is 27.7 Å². The molecule has 0 spiro atoms. The van der Waals surface area contributed by atoms with Gasteiger partial charge in [0.2, 0.25) is 0 Å². The molecule has 1 aliphatic heterocycles. The molecular formula is C9H12IN3O3. The first-order valence-electron chi connectivity index (χ1n) is 5.01. The summed E-state index contributed by atoms with van der Waals surface area (Å²) >= 11 is 2.27. The Balaban J connectivity index is 2.26. The molecule has 2 unspecified atom stereocenters. The van der Waals surface area contributed by atoms with Crippen LogP contribution in [0.15, 0.2) is 6.20 Å². The number of halogens is 1. The molecular weight excluding hydrogens is 325 g/mol. The van der Waals surface area contributed by atoms with Gasteiger partial charge in [-0.15, -0.1) is 0 Å². The normalized spacial score (nSPS) is 24.9. The number of hydrogen-bond donors (Lipinski definition) is 0. The number of aryl methyl sites for hydroxylation is 1. The van der Waals surface area contributed by atoms with Gasteiger partial charge in [0.05, 0.1) is 11.0 Å². The van der Waals surface area contributed by atoms with Crippen LogP contribution in [0.3, 0.4) is 0 Å². The summed E-state index contributed by atoms with van der Waals surface area (Å²) in [6, 6.07) is 0. The number of nitro groups is 1. The topological polar surface area (TPSA) is 70.2 Å². The third kappa shape index (κ3) is 2.05. The average Bonchev–Trinajstić information content (AvgIpc) is 2.83. The lowest BCUT2D eigenvalue weighted by Crippen LogP contribution is -2.11. The second-order valence-corrected chi connectivity index (χ2v) is 4.65. The molecule has 16 heavy (non-hydrogen) atoms. The lowest BCUT2D eigenvalue weighted by Gasteiger charge is -2.11. The summed E-state index contributed by atoms with van der Waals surface area (Å²) in [7, 11) is 1.71. The second kappa shape index (κ2) is 4.66. The molecule has 2 heterocycles. The standard InChI is InChI=1S/C9H12IN3O3/c1-12-9(7(5-11-12)13(14)15)8-3-2-6(4-10)16-8/h5-6,8H,2-4H2,1H3. The van der Waals surface area contributed by atoms with Gasteiger partial charge in [-0.3, -0.25) is 14.8 Å². The first-order chi connectivity index (χ1) is 7.63. The molecule has 0 amide bonds. The summed E-state index contributed by atoms with van der Waals surface area (Å²) < 4.78 is 8.21. The first-order valence-corrected chi connectivity index (χ1v) is 6.53. The number of hydrogen-bond acceptors (Lipinski definition) is 4. The predicted octanol–water partition coefficient (Wildman–Crippen LogP) is 1.98. The Morgan fingerprint density at radius 2 is 2.50 bits per heavy atom. The van der Waals surface area contributed by atoms with E-state index in [1.165, 1.54) is 6.20 Å². The summed E-state index contributed by atoms with van der Waals surface area (Å²) in [5.74, 6) is 0. The predicted molar refractivity (Wildman–Crippen MR) is 65.6 cm³/mol. The van der Waals surface area contributed by atoms with Crippen LogP contribution in [-0.4, -0.2) is 25.2 Å². The average molecular weight is 337 g/mol. The van der Waals surface area contributed by atoms with Crippen LogP contribution in [0.1, 0.15) is 24.6 Å². The van der Waals surface area contributed by atoms with Gasteiger partial charge in [0.15, 0.2) is 0 Å². The van der Waals surface area contributed by atoms with E-state index < -0.39 is 4.92 Å². The van der Waals surface area contributed by atoms with Crippen molar-refractivity contribution < 1.29 is 9.66 Å². The SMILES string of the molecule is Cn1ncc([N+](=O)[O-])c1C1CCC(CI)O1. The van der Waals surface area contributed by atoms with E-state index >= 15 is 0 Å². The minimum absolute atomic E-state index is 0.0570. The molecule has 2 atom stereocenters. The van der Waals surface area contributed by atoms with Crippen molar-refractivity contribution >= 4 is 28.3 Å². The highest BCUT2D eigenvalue weighted by molar-refractivity contribution is 14.1. The van der Waals surface area contributed by atoms with Crippen LogP contribution in [-0.2, 0) is 11.8 Å². The van der Waals surface area contributed by atoms with Gasteiger partial charge >= 0.3 is 5.69 Å². The van der Waals surface area contributed by atoms with E-state index in [4.69, 9.17) is 4.74 Å². The quantitative estimate of drug-likeness (QED) is 0.366. The zero-order chi connectivity index (χ0) is 11.7. The zero-order valence-electron chi connectivity index (χ0n) is 8.80. The Bertz CT molecular complexity index is 407. The van der Waals surface area contributed by atoms with Crippen LogP contribution in [0.25, 0.3) is 0 Å². The van der Waals surface area contributed by atoms with Gasteiger partial charge in [0.1, 0.15) is 18.0 Å². The molecule has 1 saturated heterocycles. The molecule has 6 nitrogen and oxygen atoms in total. The van der Waals surface area contributed by atoms with Crippen molar-refractivity contribution in [2.24, 2.45) is 7.05 Å². The Kier molecular flexibility index (Phi) is 3.43. The van der Waals surface area contributed by atoms with Crippen LogP contribution < -0.4 is 0 Å². The molecule has 0 radical (unpaired) electrons. The zero-order valence-corrected chi connectivity index (χ0v) is 11.0. The van der Waals surface area contributed by atoms with Crippen molar-refractivity contribution in [3.8, 4) is 0 Å². The third-order valence-electron chi connectivity index (χ3n) is 2.75. The molecule has 1 aliphatic rings. The Labute approximate surface area is 106 Å². The summed E-state index contributed by atoms with van der Waals surface area (Å²) in [4.78, 5) is 10.4. The highest BCUT2D eigenvalue weighted by Gasteiger charge is 2.33. The van der Waals surface area contributed by atoms with Crippen molar-refractivity contribution in [1.29, 1.82) is 0 Å². The Hall–Kier alpha value is -0.700. The van der Waals surface area contributed by atoms with E-state index in [1.807, 2.05) is 0 Å². The summed E-state index contributed by atoms with van der Waals surface area (Å²) in [6.45, 7) is 0. The minimum Gasteiger partial charge on any atom is -0.368 e. The Morgan fingerprint density at radius 3 is 3.06 bits per heavy atom. The third-order valence-corrected chi connectivity index (χ3v) is 3.73. The largest absolute Gasteiger partial charge is 0.368 e. The molecule has 0 bridgehead atoms. The van der Waals surface area contributed by atoms with Crippen molar-refractivity contribution in [2.75, 3.05) is 4.43 Å². The number of nitrogens with zero attached hydrogens (tertiary/aromatic N) is 3. The van der Waals surface area contributed by atoms with Gasteiger partial charge in [-0.05, 0) is 12.8 Å². The maximum atomic E-state index is 10.8. The second-order valence-electron chi connectivity index (χ2n) is 3.77. The number of alkyl halides is 1. The molecule has 0 N–H and O–H groups in total. The van der Waals surface area contributed by atoms with Crippen LogP contribution in [0.2, 0.25) is 0 Å². The Morgan fingerprint density at radius 1 is 1.75 bits per heavy atom. The fraction of sp³-hybridized carbons (Fsp3) is 0.667. The molecule has 0 saturated carbocycles. The van der Waals surface area contributed by atoms with Gasteiger partial charge in [0, 0.05) is 11.5 Å². The molecule has 2 rings (SSSR count). The fourth-order valence-corrected chi connectivity index (χ4v) is 2.62. The molecule has 1 fully saturated rings. The maximum Gasteiger partial charge on any atom is 0.312 e. The summed E-state index contributed by atoms with van der Waals surface area (Å²) in [5, 5.41) is 14.8. The maximum absolute atomic E-state index is 10.8. The van der Waals surface area contributed by atoms with Gasteiger partial charge in [-0.2, -0.15) is 5.10 Å². The van der Waals surface area contributed by atoms with E-state index in [9.17, 15) is 10.1 Å². The molecule has 0 aliphatic carbocycles. The first kappa shape index (κ1) is 11.8. The molecule has 1 aromatic heterocycles. The number of ether oxygens (including phenoxy) is 1. The smallest absolute Gasteiger partial charge is 0.312 e. The van der Waals surface area contributed by atoms with Crippen molar-refractivity contribution in [2.45, 2.75) is 25.0 Å². The van der Waals surface area contributed by atoms with Crippen LogP contribution in [0.5, 0.6) is 0 Å².